The molecule has 6 heteroatoms. The summed E-state index contributed by atoms with van der Waals surface area (Å²) in [4.78, 5) is 30.0. The average molecular weight is 293 g/mol. The second-order valence-electron chi connectivity index (χ2n) is 5.78. The topological polar surface area (TPSA) is 75.4 Å². The number of hydrogen-bond donors (Lipinski definition) is 1. The molecule has 0 radical (unpaired) electrons. The van der Waals surface area contributed by atoms with E-state index in [-0.39, 0.29) is 11.9 Å². The molecule has 1 aliphatic heterocycles. The lowest BCUT2D eigenvalue weighted by Gasteiger charge is -2.36. The molecule has 0 aliphatic carbocycles. The van der Waals surface area contributed by atoms with Crippen LogP contribution >= 0.6 is 0 Å². The molecule has 2 rings (SSSR count). The van der Waals surface area contributed by atoms with Gasteiger partial charge in [0.2, 0.25) is 5.91 Å². The van der Waals surface area contributed by atoms with E-state index in [1.54, 1.807) is 17.4 Å². The standard InChI is InChI=1S/C15H23N3O3/c1-4-17-9-16-8-12(17)14-11(15(20)21)6-5-7-13(19)18(14)10(2)3/h8-11,14H,4-7H2,1-3H3,(H,20,21). The highest BCUT2D eigenvalue weighted by atomic mass is 16.4. The van der Waals surface area contributed by atoms with Crippen molar-refractivity contribution in [3.8, 4) is 0 Å². The number of aromatic nitrogens is 2. The SMILES string of the molecule is CCn1cncc1C1C(C(=O)O)CCCC(=O)N1C(C)C. The molecule has 1 fully saturated rings. The van der Waals surface area contributed by atoms with E-state index >= 15 is 0 Å². The van der Waals surface area contributed by atoms with Crippen molar-refractivity contribution < 1.29 is 14.7 Å². The molecular weight excluding hydrogens is 270 g/mol. The number of hydrogen-bond acceptors (Lipinski definition) is 3. The summed E-state index contributed by atoms with van der Waals surface area (Å²) >= 11 is 0. The lowest BCUT2D eigenvalue weighted by Crippen LogP contribution is -2.43. The van der Waals surface area contributed by atoms with E-state index in [0.717, 1.165) is 5.69 Å². The van der Waals surface area contributed by atoms with Gasteiger partial charge in [-0.2, -0.15) is 0 Å². The van der Waals surface area contributed by atoms with Gasteiger partial charge in [0, 0.05) is 19.0 Å². The van der Waals surface area contributed by atoms with E-state index in [2.05, 4.69) is 4.98 Å². The third-order valence-electron chi connectivity index (χ3n) is 4.14. The van der Waals surface area contributed by atoms with Gasteiger partial charge in [-0.05, 0) is 33.6 Å². The Morgan fingerprint density at radius 3 is 2.81 bits per heavy atom. The second kappa shape index (κ2) is 6.28. The highest BCUT2D eigenvalue weighted by Crippen LogP contribution is 2.37. The minimum atomic E-state index is -0.843. The number of carboxylic acids is 1. The van der Waals surface area contributed by atoms with E-state index in [9.17, 15) is 14.7 Å². The first-order valence-corrected chi connectivity index (χ1v) is 7.51. The molecule has 0 aromatic carbocycles. The van der Waals surface area contributed by atoms with Crippen molar-refractivity contribution in [3.05, 3.63) is 18.2 Å². The fraction of sp³-hybridized carbons (Fsp3) is 0.667. The Kier molecular flexibility index (Phi) is 4.65. The van der Waals surface area contributed by atoms with E-state index in [0.29, 0.717) is 25.8 Å². The molecule has 0 saturated carbocycles. The number of carbonyl (C=O) groups is 2. The number of aryl methyl sites for hydroxylation is 1. The molecule has 2 atom stereocenters. The van der Waals surface area contributed by atoms with Crippen LogP contribution in [0, 0.1) is 5.92 Å². The normalized spacial score (nSPS) is 23.4. The van der Waals surface area contributed by atoms with Gasteiger partial charge in [0.25, 0.3) is 0 Å². The maximum Gasteiger partial charge on any atom is 0.309 e. The van der Waals surface area contributed by atoms with Crippen molar-refractivity contribution in [3.63, 3.8) is 0 Å². The van der Waals surface area contributed by atoms with E-state index < -0.39 is 17.9 Å². The van der Waals surface area contributed by atoms with Crippen molar-refractivity contribution in [2.24, 2.45) is 5.92 Å². The number of nitrogens with zero attached hydrogens (tertiary/aromatic N) is 3. The summed E-state index contributed by atoms with van der Waals surface area (Å²) in [6, 6.07) is -0.484. The van der Waals surface area contributed by atoms with Gasteiger partial charge in [0.1, 0.15) is 0 Å². The molecule has 1 aromatic heterocycles. The van der Waals surface area contributed by atoms with Gasteiger partial charge in [-0.25, -0.2) is 4.98 Å². The molecule has 116 valence electrons. The predicted molar refractivity (Wildman–Crippen MR) is 77.6 cm³/mol. The number of amides is 1. The van der Waals surface area contributed by atoms with E-state index in [1.807, 2.05) is 25.3 Å². The van der Waals surface area contributed by atoms with Gasteiger partial charge in [-0.1, -0.05) is 0 Å². The first-order valence-electron chi connectivity index (χ1n) is 7.51. The van der Waals surface area contributed by atoms with Crippen LogP contribution in [0.25, 0.3) is 0 Å². The highest BCUT2D eigenvalue weighted by molar-refractivity contribution is 5.80. The monoisotopic (exact) mass is 293 g/mol. The minimum Gasteiger partial charge on any atom is -0.481 e. The van der Waals surface area contributed by atoms with Crippen LogP contribution in [0.15, 0.2) is 12.5 Å². The number of aliphatic carboxylic acids is 1. The zero-order chi connectivity index (χ0) is 15.6. The zero-order valence-corrected chi connectivity index (χ0v) is 12.8. The van der Waals surface area contributed by atoms with Gasteiger partial charge < -0.3 is 14.6 Å². The van der Waals surface area contributed by atoms with Crippen LogP contribution in [-0.4, -0.2) is 37.5 Å². The van der Waals surface area contributed by atoms with E-state index in [4.69, 9.17) is 0 Å². The van der Waals surface area contributed by atoms with Crippen LogP contribution in [0.3, 0.4) is 0 Å². The van der Waals surface area contributed by atoms with Gasteiger partial charge in [0.05, 0.1) is 30.2 Å². The number of likely N-dealkylation sites (tertiary alicyclic amines) is 1. The quantitative estimate of drug-likeness (QED) is 0.922. The molecule has 1 aromatic rings. The van der Waals surface area contributed by atoms with Crippen molar-refractivity contribution in [2.75, 3.05) is 0 Å². The fourth-order valence-electron chi connectivity index (χ4n) is 3.17. The van der Waals surface area contributed by atoms with Crippen molar-refractivity contribution in [1.29, 1.82) is 0 Å². The third kappa shape index (κ3) is 2.94. The van der Waals surface area contributed by atoms with Crippen LogP contribution in [-0.2, 0) is 16.1 Å². The molecule has 1 saturated heterocycles. The van der Waals surface area contributed by atoms with Gasteiger partial charge in [-0.15, -0.1) is 0 Å². The Morgan fingerprint density at radius 2 is 2.24 bits per heavy atom. The molecule has 0 spiro atoms. The molecule has 1 aliphatic rings. The molecule has 21 heavy (non-hydrogen) atoms. The van der Waals surface area contributed by atoms with Crippen molar-refractivity contribution in [2.45, 2.75) is 58.7 Å². The fourth-order valence-corrected chi connectivity index (χ4v) is 3.17. The number of carboxylic acid groups (broad SMARTS) is 1. The maximum atomic E-state index is 12.4. The van der Waals surface area contributed by atoms with Crippen LogP contribution in [0.4, 0.5) is 0 Å². The molecule has 6 nitrogen and oxygen atoms in total. The Hall–Kier alpha value is -1.85. The lowest BCUT2D eigenvalue weighted by molar-refractivity contribution is -0.147. The largest absolute Gasteiger partial charge is 0.481 e. The first-order chi connectivity index (χ1) is 9.97. The van der Waals surface area contributed by atoms with Crippen molar-refractivity contribution >= 4 is 11.9 Å². The average Bonchev–Trinajstić information content (AvgIpc) is 2.81. The molecule has 0 bridgehead atoms. The molecule has 1 N–H and O–H groups in total. The first kappa shape index (κ1) is 15.5. The summed E-state index contributed by atoms with van der Waals surface area (Å²) in [5.74, 6) is -1.40. The van der Waals surface area contributed by atoms with Crippen molar-refractivity contribution in [1.82, 2.24) is 14.5 Å². The smallest absolute Gasteiger partial charge is 0.309 e. The maximum absolute atomic E-state index is 12.4. The van der Waals surface area contributed by atoms with Crippen LogP contribution in [0.1, 0.15) is 51.8 Å². The summed E-state index contributed by atoms with van der Waals surface area (Å²) in [6.45, 7) is 6.56. The Bertz CT molecular complexity index is 524. The van der Waals surface area contributed by atoms with Gasteiger partial charge in [0.15, 0.2) is 0 Å². The Balaban J connectivity index is 2.53. The zero-order valence-electron chi connectivity index (χ0n) is 12.8. The molecule has 2 unspecified atom stereocenters. The van der Waals surface area contributed by atoms with Gasteiger partial charge in [-0.3, -0.25) is 9.59 Å². The lowest BCUT2D eigenvalue weighted by atomic mass is 9.92. The molecule has 1 amide bonds. The summed E-state index contributed by atoms with van der Waals surface area (Å²) < 4.78 is 1.93. The summed E-state index contributed by atoms with van der Waals surface area (Å²) in [7, 11) is 0. The minimum absolute atomic E-state index is 0.0302. The van der Waals surface area contributed by atoms with Crippen LogP contribution in [0.2, 0.25) is 0 Å². The number of imidazole rings is 1. The molecular formula is C15H23N3O3. The Morgan fingerprint density at radius 1 is 1.52 bits per heavy atom. The molecule has 2 heterocycles. The summed E-state index contributed by atoms with van der Waals surface area (Å²) in [5, 5.41) is 9.61. The van der Waals surface area contributed by atoms with Crippen LogP contribution < -0.4 is 0 Å². The Labute approximate surface area is 124 Å². The third-order valence-corrected chi connectivity index (χ3v) is 4.14. The van der Waals surface area contributed by atoms with Gasteiger partial charge >= 0.3 is 5.97 Å². The number of carbonyl (C=O) groups excluding carboxylic acids is 1. The predicted octanol–water partition coefficient (Wildman–Crippen LogP) is 2.07. The summed E-state index contributed by atoms with van der Waals surface area (Å²) in [5.41, 5.74) is 0.814. The number of rotatable bonds is 4. The van der Waals surface area contributed by atoms with Crippen LogP contribution in [0.5, 0.6) is 0 Å². The summed E-state index contributed by atoms with van der Waals surface area (Å²) in [6.07, 6.45) is 4.94. The second-order valence-corrected chi connectivity index (χ2v) is 5.78. The highest BCUT2D eigenvalue weighted by Gasteiger charge is 2.41. The van der Waals surface area contributed by atoms with E-state index in [1.165, 1.54) is 0 Å².